The first-order chi connectivity index (χ1) is 9.35. The van der Waals surface area contributed by atoms with Crippen molar-refractivity contribution in [3.63, 3.8) is 0 Å². The van der Waals surface area contributed by atoms with E-state index in [-0.39, 0.29) is 0 Å². The minimum Gasteiger partial charge on any atom is -0.494 e. The lowest BCUT2D eigenvalue weighted by Gasteiger charge is -2.25. The van der Waals surface area contributed by atoms with Crippen molar-refractivity contribution in [2.75, 3.05) is 44.3 Å². The smallest absolute Gasteiger partial charge is 0.142 e. The molecule has 0 spiro atoms. The summed E-state index contributed by atoms with van der Waals surface area (Å²) >= 11 is 0. The van der Waals surface area contributed by atoms with Gasteiger partial charge < -0.3 is 19.7 Å². The summed E-state index contributed by atoms with van der Waals surface area (Å²) in [6.45, 7) is 9.58. The van der Waals surface area contributed by atoms with Crippen molar-refractivity contribution in [3.8, 4) is 11.5 Å². The Hall–Kier alpha value is -1.42. The highest BCUT2D eigenvalue weighted by Gasteiger charge is 2.15. The molecule has 1 heterocycles. The molecular weight excluding hydrogens is 240 g/mol. The van der Waals surface area contributed by atoms with Crippen LogP contribution in [0.4, 0.5) is 5.69 Å². The lowest BCUT2D eigenvalue weighted by Crippen LogP contribution is -2.28. The van der Waals surface area contributed by atoms with Gasteiger partial charge in [-0.05, 0) is 38.9 Å². The Morgan fingerprint density at radius 1 is 1.11 bits per heavy atom. The quantitative estimate of drug-likeness (QED) is 0.884. The van der Waals surface area contributed by atoms with E-state index in [1.54, 1.807) is 0 Å². The Bertz CT molecular complexity index is 388. The SMILES string of the molecule is CCOc1ccc(OCC)c(N2CCCNCC2)c1. The van der Waals surface area contributed by atoms with E-state index in [1.165, 1.54) is 0 Å². The Labute approximate surface area is 115 Å². The molecule has 0 aromatic heterocycles. The first kappa shape index (κ1) is 14.0. The van der Waals surface area contributed by atoms with E-state index in [2.05, 4.69) is 16.3 Å². The summed E-state index contributed by atoms with van der Waals surface area (Å²) in [4.78, 5) is 2.38. The minimum atomic E-state index is 0.688. The van der Waals surface area contributed by atoms with E-state index in [9.17, 15) is 0 Å². The third-order valence-electron chi connectivity index (χ3n) is 3.22. The predicted molar refractivity (Wildman–Crippen MR) is 78.5 cm³/mol. The van der Waals surface area contributed by atoms with Crippen molar-refractivity contribution in [1.29, 1.82) is 0 Å². The number of anilines is 1. The van der Waals surface area contributed by atoms with Crippen LogP contribution < -0.4 is 19.7 Å². The van der Waals surface area contributed by atoms with Crippen LogP contribution in [0.15, 0.2) is 18.2 Å². The molecule has 0 radical (unpaired) electrons. The lowest BCUT2D eigenvalue weighted by molar-refractivity contribution is 0.330. The van der Waals surface area contributed by atoms with Gasteiger partial charge in [0.25, 0.3) is 0 Å². The number of ether oxygens (including phenoxy) is 2. The molecule has 0 aliphatic carbocycles. The van der Waals surface area contributed by atoms with Crippen LogP contribution in [0.5, 0.6) is 11.5 Å². The van der Waals surface area contributed by atoms with E-state index in [4.69, 9.17) is 9.47 Å². The van der Waals surface area contributed by atoms with Gasteiger partial charge in [-0.25, -0.2) is 0 Å². The van der Waals surface area contributed by atoms with Gasteiger partial charge in [-0.3, -0.25) is 0 Å². The molecule has 4 heteroatoms. The standard InChI is InChI=1S/C15H24N2O2/c1-3-18-13-6-7-15(19-4-2)14(12-13)17-10-5-8-16-9-11-17/h6-7,12,16H,3-5,8-11H2,1-2H3. The van der Waals surface area contributed by atoms with Crippen LogP contribution in [0, 0.1) is 0 Å². The first-order valence-corrected chi connectivity index (χ1v) is 7.20. The summed E-state index contributed by atoms with van der Waals surface area (Å²) in [6, 6.07) is 6.09. The summed E-state index contributed by atoms with van der Waals surface area (Å²) in [5.74, 6) is 1.87. The Kier molecular flexibility index (Phi) is 5.33. The van der Waals surface area contributed by atoms with Crippen LogP contribution in [0.1, 0.15) is 20.3 Å². The molecule has 4 nitrogen and oxygen atoms in total. The van der Waals surface area contributed by atoms with Gasteiger partial charge in [-0.1, -0.05) is 0 Å². The Morgan fingerprint density at radius 2 is 1.95 bits per heavy atom. The van der Waals surface area contributed by atoms with Gasteiger partial charge >= 0.3 is 0 Å². The molecule has 0 amide bonds. The number of benzene rings is 1. The number of hydrogen-bond acceptors (Lipinski definition) is 4. The van der Waals surface area contributed by atoms with Gasteiger partial charge in [0.15, 0.2) is 0 Å². The Balaban J connectivity index is 2.24. The molecule has 0 bridgehead atoms. The van der Waals surface area contributed by atoms with Crippen molar-refractivity contribution < 1.29 is 9.47 Å². The van der Waals surface area contributed by atoms with Crippen molar-refractivity contribution in [3.05, 3.63) is 18.2 Å². The molecule has 0 atom stereocenters. The monoisotopic (exact) mass is 264 g/mol. The molecule has 1 fully saturated rings. The molecule has 1 saturated heterocycles. The zero-order chi connectivity index (χ0) is 13.5. The zero-order valence-electron chi connectivity index (χ0n) is 11.9. The largest absolute Gasteiger partial charge is 0.494 e. The molecule has 0 saturated carbocycles. The molecule has 1 aliphatic heterocycles. The molecule has 2 rings (SSSR count). The van der Waals surface area contributed by atoms with Crippen LogP contribution in [0.2, 0.25) is 0 Å². The van der Waals surface area contributed by atoms with Gasteiger partial charge in [0.05, 0.1) is 18.9 Å². The third kappa shape index (κ3) is 3.77. The molecule has 1 N–H and O–H groups in total. The topological polar surface area (TPSA) is 33.7 Å². The zero-order valence-corrected chi connectivity index (χ0v) is 11.9. The lowest BCUT2D eigenvalue weighted by atomic mass is 10.2. The molecule has 1 aliphatic rings. The van der Waals surface area contributed by atoms with Crippen molar-refractivity contribution in [2.24, 2.45) is 0 Å². The van der Waals surface area contributed by atoms with Crippen LogP contribution in [0.3, 0.4) is 0 Å². The predicted octanol–water partition coefficient (Wildman–Crippen LogP) is 2.28. The maximum Gasteiger partial charge on any atom is 0.142 e. The third-order valence-corrected chi connectivity index (χ3v) is 3.22. The number of nitrogens with zero attached hydrogens (tertiary/aromatic N) is 1. The number of rotatable bonds is 5. The summed E-state index contributed by atoms with van der Waals surface area (Å²) in [5.41, 5.74) is 1.15. The molecule has 1 aromatic carbocycles. The fourth-order valence-corrected chi connectivity index (χ4v) is 2.36. The number of nitrogens with one attached hydrogen (secondary N) is 1. The second-order valence-corrected chi connectivity index (χ2v) is 4.59. The fourth-order valence-electron chi connectivity index (χ4n) is 2.36. The van der Waals surface area contributed by atoms with Crippen molar-refractivity contribution in [2.45, 2.75) is 20.3 Å². The molecule has 106 valence electrons. The molecule has 1 aromatic rings. The van der Waals surface area contributed by atoms with Crippen LogP contribution >= 0.6 is 0 Å². The van der Waals surface area contributed by atoms with Crippen LogP contribution in [-0.2, 0) is 0 Å². The van der Waals surface area contributed by atoms with E-state index in [0.29, 0.717) is 13.2 Å². The molecular formula is C15H24N2O2. The maximum atomic E-state index is 5.75. The average Bonchev–Trinajstić information content (AvgIpc) is 2.70. The summed E-state index contributed by atoms with van der Waals surface area (Å²) in [5, 5.41) is 3.42. The normalized spacial score (nSPS) is 16.0. The van der Waals surface area contributed by atoms with Crippen LogP contribution in [-0.4, -0.2) is 39.4 Å². The van der Waals surface area contributed by atoms with Crippen molar-refractivity contribution in [1.82, 2.24) is 5.32 Å². The fraction of sp³-hybridized carbons (Fsp3) is 0.600. The van der Waals surface area contributed by atoms with Gasteiger partial charge in [0, 0.05) is 25.7 Å². The highest BCUT2D eigenvalue weighted by Crippen LogP contribution is 2.33. The Morgan fingerprint density at radius 3 is 2.74 bits per heavy atom. The minimum absolute atomic E-state index is 0.688. The van der Waals surface area contributed by atoms with E-state index in [0.717, 1.165) is 49.8 Å². The van der Waals surface area contributed by atoms with E-state index >= 15 is 0 Å². The average molecular weight is 264 g/mol. The second kappa shape index (κ2) is 7.24. The van der Waals surface area contributed by atoms with E-state index < -0.39 is 0 Å². The summed E-state index contributed by atoms with van der Waals surface area (Å²) in [6.07, 6.45) is 1.16. The highest BCUT2D eigenvalue weighted by atomic mass is 16.5. The maximum absolute atomic E-state index is 5.75. The summed E-state index contributed by atoms with van der Waals surface area (Å²) in [7, 11) is 0. The van der Waals surface area contributed by atoms with Crippen molar-refractivity contribution >= 4 is 5.69 Å². The van der Waals surface area contributed by atoms with E-state index in [1.807, 2.05) is 26.0 Å². The molecule has 0 unspecified atom stereocenters. The molecule has 19 heavy (non-hydrogen) atoms. The summed E-state index contributed by atoms with van der Waals surface area (Å²) < 4.78 is 11.4. The van der Waals surface area contributed by atoms with Gasteiger partial charge in [0.2, 0.25) is 0 Å². The first-order valence-electron chi connectivity index (χ1n) is 7.20. The number of hydrogen-bond donors (Lipinski definition) is 1. The van der Waals surface area contributed by atoms with Gasteiger partial charge in [-0.2, -0.15) is 0 Å². The second-order valence-electron chi connectivity index (χ2n) is 4.59. The highest BCUT2D eigenvalue weighted by molar-refractivity contribution is 5.61. The van der Waals surface area contributed by atoms with Crippen LogP contribution in [0.25, 0.3) is 0 Å². The van der Waals surface area contributed by atoms with Gasteiger partial charge in [-0.15, -0.1) is 0 Å². The van der Waals surface area contributed by atoms with Gasteiger partial charge in [0.1, 0.15) is 11.5 Å².